The number of rotatable bonds is 5. The fourth-order valence-corrected chi connectivity index (χ4v) is 3.04. The number of methoxy groups -OCH3 is 1. The van der Waals surface area contributed by atoms with Crippen LogP contribution in [-0.4, -0.2) is 20.2 Å². The number of nitrogens with one attached hydrogen (secondary N) is 1. The Labute approximate surface area is 104 Å². The normalized spacial score (nSPS) is 18.2. The van der Waals surface area contributed by atoms with Gasteiger partial charge in [0.2, 0.25) is 0 Å². The minimum absolute atomic E-state index is 0.294. The minimum Gasteiger partial charge on any atom is -0.496 e. The van der Waals surface area contributed by atoms with E-state index in [1.807, 2.05) is 0 Å². The highest BCUT2D eigenvalue weighted by Crippen LogP contribution is 2.44. The first-order chi connectivity index (χ1) is 8.32. The van der Waals surface area contributed by atoms with Crippen LogP contribution in [0.4, 0.5) is 0 Å². The van der Waals surface area contributed by atoms with Gasteiger partial charge >= 0.3 is 0 Å². The van der Waals surface area contributed by atoms with Crippen LogP contribution in [0.15, 0.2) is 24.3 Å². The molecule has 0 saturated heterocycles. The zero-order valence-electron chi connectivity index (χ0n) is 11.0. The molecule has 0 spiro atoms. The van der Waals surface area contributed by atoms with Crippen LogP contribution in [0.2, 0.25) is 0 Å². The van der Waals surface area contributed by atoms with Gasteiger partial charge in [0.1, 0.15) is 5.75 Å². The molecular formula is C15H23NO. The van der Waals surface area contributed by atoms with Crippen molar-refractivity contribution in [3.8, 4) is 5.75 Å². The van der Waals surface area contributed by atoms with Crippen LogP contribution in [-0.2, 0) is 5.41 Å². The molecule has 0 bridgehead atoms. The van der Waals surface area contributed by atoms with Crippen molar-refractivity contribution in [1.82, 2.24) is 5.32 Å². The largest absolute Gasteiger partial charge is 0.496 e. The van der Waals surface area contributed by atoms with E-state index in [9.17, 15) is 0 Å². The van der Waals surface area contributed by atoms with E-state index in [1.165, 1.54) is 31.2 Å². The number of likely N-dealkylation sites (N-methyl/N-ethyl adjacent to an activating group) is 1. The molecule has 94 valence electrons. The van der Waals surface area contributed by atoms with Gasteiger partial charge in [-0.3, -0.25) is 0 Å². The summed E-state index contributed by atoms with van der Waals surface area (Å²) in [5.41, 5.74) is 1.68. The predicted molar refractivity (Wildman–Crippen MR) is 71.7 cm³/mol. The van der Waals surface area contributed by atoms with E-state index in [0.29, 0.717) is 5.41 Å². The third kappa shape index (κ3) is 2.47. The summed E-state index contributed by atoms with van der Waals surface area (Å²) in [6.45, 7) is 4.28. The van der Waals surface area contributed by atoms with E-state index >= 15 is 0 Å². The average Bonchev–Trinajstić information content (AvgIpc) is 2.86. The molecule has 0 aliphatic heterocycles. The number of hydrogen-bond donors (Lipinski definition) is 1. The number of para-hydroxylation sites is 1. The molecule has 1 aliphatic rings. The molecule has 2 nitrogen and oxygen atoms in total. The Morgan fingerprint density at radius 1 is 1.24 bits per heavy atom. The lowest BCUT2D eigenvalue weighted by Crippen LogP contribution is -2.36. The molecule has 0 aromatic heterocycles. The molecule has 0 unspecified atom stereocenters. The second-order valence-corrected chi connectivity index (χ2v) is 4.97. The molecule has 17 heavy (non-hydrogen) atoms. The van der Waals surface area contributed by atoms with Crippen LogP contribution in [0.1, 0.15) is 38.2 Å². The second-order valence-electron chi connectivity index (χ2n) is 4.97. The first-order valence-electron chi connectivity index (χ1n) is 6.66. The first kappa shape index (κ1) is 12.4. The molecule has 2 rings (SSSR count). The third-order valence-corrected chi connectivity index (χ3v) is 3.95. The van der Waals surface area contributed by atoms with Gasteiger partial charge in [-0.25, -0.2) is 0 Å². The van der Waals surface area contributed by atoms with E-state index in [1.54, 1.807) is 7.11 Å². The Bertz CT molecular complexity index is 356. The number of ether oxygens (including phenoxy) is 1. The molecule has 1 aromatic rings. The van der Waals surface area contributed by atoms with E-state index < -0.39 is 0 Å². The van der Waals surface area contributed by atoms with Crippen molar-refractivity contribution in [3.05, 3.63) is 29.8 Å². The Hall–Kier alpha value is -1.02. The minimum atomic E-state index is 0.294. The molecule has 0 amide bonds. The fourth-order valence-electron chi connectivity index (χ4n) is 3.04. The molecule has 2 heteroatoms. The fraction of sp³-hybridized carbons (Fsp3) is 0.600. The standard InChI is InChI=1S/C15H23NO/c1-3-16-12-15(10-6-7-11-15)13-8-4-5-9-14(13)17-2/h4-5,8-9,16H,3,6-7,10-12H2,1-2H3. The van der Waals surface area contributed by atoms with Crippen molar-refractivity contribution in [2.75, 3.05) is 20.2 Å². The molecule has 1 N–H and O–H groups in total. The zero-order valence-corrected chi connectivity index (χ0v) is 11.0. The maximum Gasteiger partial charge on any atom is 0.122 e. The van der Waals surface area contributed by atoms with Crippen molar-refractivity contribution >= 4 is 0 Å². The molecule has 0 heterocycles. The van der Waals surface area contributed by atoms with Crippen LogP contribution < -0.4 is 10.1 Å². The zero-order chi connectivity index (χ0) is 12.1. The molecule has 0 atom stereocenters. The average molecular weight is 233 g/mol. The summed E-state index contributed by atoms with van der Waals surface area (Å²) in [7, 11) is 1.77. The van der Waals surface area contributed by atoms with E-state index in [0.717, 1.165) is 18.8 Å². The third-order valence-electron chi connectivity index (χ3n) is 3.95. The van der Waals surface area contributed by atoms with Crippen LogP contribution in [0.25, 0.3) is 0 Å². The van der Waals surface area contributed by atoms with Crippen molar-refractivity contribution in [1.29, 1.82) is 0 Å². The molecule has 1 saturated carbocycles. The second kappa shape index (κ2) is 5.54. The highest BCUT2D eigenvalue weighted by molar-refractivity contribution is 5.40. The van der Waals surface area contributed by atoms with E-state index in [4.69, 9.17) is 4.74 Å². The molecule has 1 fully saturated rings. The van der Waals surface area contributed by atoms with Gasteiger partial charge in [-0.05, 0) is 25.5 Å². The van der Waals surface area contributed by atoms with Gasteiger partial charge in [-0.2, -0.15) is 0 Å². The monoisotopic (exact) mass is 233 g/mol. The molecular weight excluding hydrogens is 210 g/mol. The maximum absolute atomic E-state index is 5.53. The smallest absolute Gasteiger partial charge is 0.122 e. The highest BCUT2D eigenvalue weighted by atomic mass is 16.5. The van der Waals surface area contributed by atoms with Gasteiger partial charge in [-0.15, -0.1) is 0 Å². The van der Waals surface area contributed by atoms with E-state index in [2.05, 4.69) is 36.5 Å². The quantitative estimate of drug-likeness (QED) is 0.843. The molecule has 1 aromatic carbocycles. The van der Waals surface area contributed by atoms with Crippen molar-refractivity contribution in [2.24, 2.45) is 0 Å². The number of hydrogen-bond acceptors (Lipinski definition) is 2. The Kier molecular flexibility index (Phi) is 4.06. The van der Waals surface area contributed by atoms with Gasteiger partial charge in [-0.1, -0.05) is 38.0 Å². The lowest BCUT2D eigenvalue weighted by Gasteiger charge is -2.31. The summed E-state index contributed by atoms with van der Waals surface area (Å²) in [5, 5.41) is 3.53. The van der Waals surface area contributed by atoms with Crippen LogP contribution in [0.5, 0.6) is 5.75 Å². The van der Waals surface area contributed by atoms with Gasteiger partial charge < -0.3 is 10.1 Å². The summed E-state index contributed by atoms with van der Waals surface area (Å²) >= 11 is 0. The van der Waals surface area contributed by atoms with Gasteiger partial charge in [0.15, 0.2) is 0 Å². The van der Waals surface area contributed by atoms with Crippen LogP contribution in [0.3, 0.4) is 0 Å². The van der Waals surface area contributed by atoms with Crippen molar-refractivity contribution in [3.63, 3.8) is 0 Å². The van der Waals surface area contributed by atoms with Gasteiger partial charge in [0, 0.05) is 17.5 Å². The Morgan fingerprint density at radius 3 is 2.59 bits per heavy atom. The number of benzene rings is 1. The first-order valence-corrected chi connectivity index (χ1v) is 6.66. The summed E-state index contributed by atoms with van der Waals surface area (Å²) in [6, 6.07) is 8.50. The lowest BCUT2D eigenvalue weighted by molar-refractivity contribution is 0.363. The Morgan fingerprint density at radius 2 is 1.94 bits per heavy atom. The summed E-state index contributed by atoms with van der Waals surface area (Å²) < 4.78 is 5.53. The lowest BCUT2D eigenvalue weighted by atomic mass is 9.78. The summed E-state index contributed by atoms with van der Waals surface area (Å²) in [6.07, 6.45) is 5.23. The predicted octanol–water partition coefficient (Wildman–Crippen LogP) is 3.12. The Balaban J connectivity index is 2.31. The van der Waals surface area contributed by atoms with Gasteiger partial charge in [0.25, 0.3) is 0 Å². The summed E-state index contributed by atoms with van der Waals surface area (Å²) in [4.78, 5) is 0. The topological polar surface area (TPSA) is 21.3 Å². The highest BCUT2D eigenvalue weighted by Gasteiger charge is 2.37. The van der Waals surface area contributed by atoms with Crippen molar-refractivity contribution in [2.45, 2.75) is 38.0 Å². The van der Waals surface area contributed by atoms with Crippen LogP contribution >= 0.6 is 0 Å². The maximum atomic E-state index is 5.53. The van der Waals surface area contributed by atoms with Gasteiger partial charge in [0.05, 0.1) is 7.11 Å². The molecule has 1 aliphatic carbocycles. The molecule has 0 radical (unpaired) electrons. The SMILES string of the molecule is CCNCC1(c2ccccc2OC)CCCC1. The summed E-state index contributed by atoms with van der Waals surface area (Å²) in [5.74, 6) is 1.05. The van der Waals surface area contributed by atoms with E-state index in [-0.39, 0.29) is 0 Å². The van der Waals surface area contributed by atoms with Crippen molar-refractivity contribution < 1.29 is 4.74 Å². The van der Waals surface area contributed by atoms with Crippen LogP contribution in [0, 0.1) is 0 Å².